The summed E-state index contributed by atoms with van der Waals surface area (Å²) in [6.45, 7) is 10.9. The van der Waals surface area contributed by atoms with Crippen molar-refractivity contribution in [2.45, 2.75) is 39.7 Å². The molecule has 0 fully saturated rings. The van der Waals surface area contributed by atoms with Gasteiger partial charge in [-0.1, -0.05) is 20.8 Å². The topological polar surface area (TPSA) is 46.0 Å². The van der Waals surface area contributed by atoms with Gasteiger partial charge in [-0.3, -0.25) is 4.68 Å². The van der Waals surface area contributed by atoms with Gasteiger partial charge in [-0.05, 0) is 32.5 Å². The van der Waals surface area contributed by atoms with Crippen molar-refractivity contribution in [3.63, 3.8) is 0 Å². The summed E-state index contributed by atoms with van der Waals surface area (Å²) in [5.41, 5.74) is 0. The van der Waals surface area contributed by atoms with Gasteiger partial charge in [0.05, 0.1) is 6.04 Å². The summed E-state index contributed by atoms with van der Waals surface area (Å²) in [6.07, 6.45) is 3.85. The molecule has 1 aromatic heterocycles. The molecule has 0 saturated carbocycles. The van der Waals surface area contributed by atoms with Gasteiger partial charge in [0.1, 0.15) is 12.2 Å². The van der Waals surface area contributed by atoms with Crippen LogP contribution in [-0.4, -0.2) is 45.8 Å². The fourth-order valence-corrected chi connectivity index (χ4v) is 2.11. The third-order valence-electron chi connectivity index (χ3n) is 3.33. The Balaban J connectivity index is 2.59. The number of nitrogens with one attached hydrogen (secondary N) is 1. The Kier molecular flexibility index (Phi) is 6.90. The van der Waals surface area contributed by atoms with E-state index in [2.05, 4.69) is 41.1 Å². The number of aromatic nitrogens is 3. The Morgan fingerprint density at radius 1 is 1.33 bits per heavy atom. The zero-order valence-electron chi connectivity index (χ0n) is 12.2. The van der Waals surface area contributed by atoms with Crippen LogP contribution in [0.2, 0.25) is 0 Å². The molecule has 1 unspecified atom stereocenters. The summed E-state index contributed by atoms with van der Waals surface area (Å²) >= 11 is 0. The lowest BCUT2D eigenvalue weighted by molar-refractivity contribution is 0.277. The van der Waals surface area contributed by atoms with Crippen LogP contribution in [0.1, 0.15) is 45.5 Å². The fraction of sp³-hybridized carbons (Fsp3) is 0.846. The Morgan fingerprint density at radius 2 is 2.06 bits per heavy atom. The molecule has 0 radical (unpaired) electrons. The van der Waals surface area contributed by atoms with E-state index >= 15 is 0 Å². The molecular weight excluding hydrogens is 226 g/mol. The van der Waals surface area contributed by atoms with Gasteiger partial charge >= 0.3 is 0 Å². The number of aryl methyl sites for hydroxylation is 1. The first-order valence-corrected chi connectivity index (χ1v) is 7.02. The molecule has 1 aromatic rings. The van der Waals surface area contributed by atoms with Crippen molar-refractivity contribution in [3.05, 3.63) is 12.2 Å². The second-order valence-electron chi connectivity index (χ2n) is 4.56. The van der Waals surface area contributed by atoms with E-state index in [1.165, 1.54) is 0 Å². The van der Waals surface area contributed by atoms with E-state index in [9.17, 15) is 0 Å². The van der Waals surface area contributed by atoms with Crippen LogP contribution < -0.4 is 5.32 Å². The predicted octanol–water partition coefficient (Wildman–Crippen LogP) is 1.59. The summed E-state index contributed by atoms with van der Waals surface area (Å²) in [4.78, 5) is 6.81. The highest BCUT2D eigenvalue weighted by molar-refractivity contribution is 4.94. The first-order valence-electron chi connectivity index (χ1n) is 7.02. The quantitative estimate of drug-likeness (QED) is 0.726. The van der Waals surface area contributed by atoms with Crippen molar-refractivity contribution < 1.29 is 0 Å². The van der Waals surface area contributed by atoms with E-state index in [0.717, 1.165) is 44.8 Å². The Morgan fingerprint density at radius 3 is 2.56 bits per heavy atom. The molecule has 0 bridgehead atoms. The molecule has 5 nitrogen and oxygen atoms in total. The molecule has 18 heavy (non-hydrogen) atoms. The second kappa shape index (κ2) is 8.21. The van der Waals surface area contributed by atoms with Gasteiger partial charge in [0.15, 0.2) is 0 Å². The molecular formula is C13H27N5. The minimum Gasteiger partial charge on any atom is -0.307 e. The van der Waals surface area contributed by atoms with E-state index in [1.807, 2.05) is 11.7 Å². The second-order valence-corrected chi connectivity index (χ2v) is 4.56. The van der Waals surface area contributed by atoms with Crippen LogP contribution in [0.4, 0.5) is 0 Å². The van der Waals surface area contributed by atoms with Crippen LogP contribution in [0, 0.1) is 0 Å². The van der Waals surface area contributed by atoms with Crippen molar-refractivity contribution in [1.29, 1.82) is 0 Å². The lowest BCUT2D eigenvalue weighted by atomic mass is 10.1. The number of hydrogen-bond donors (Lipinski definition) is 1. The van der Waals surface area contributed by atoms with Crippen LogP contribution in [0.5, 0.6) is 0 Å². The third-order valence-corrected chi connectivity index (χ3v) is 3.33. The fourth-order valence-electron chi connectivity index (χ4n) is 2.11. The summed E-state index contributed by atoms with van der Waals surface area (Å²) in [5, 5.41) is 7.73. The maximum Gasteiger partial charge on any atom is 0.143 e. The summed E-state index contributed by atoms with van der Waals surface area (Å²) in [7, 11) is 1.96. The molecule has 104 valence electrons. The maximum atomic E-state index is 4.37. The Bertz CT molecular complexity index is 319. The van der Waals surface area contributed by atoms with Crippen LogP contribution in [-0.2, 0) is 7.05 Å². The molecule has 1 heterocycles. The molecule has 0 aromatic carbocycles. The number of nitrogens with zero attached hydrogens (tertiary/aromatic N) is 4. The average Bonchev–Trinajstić information content (AvgIpc) is 2.80. The maximum absolute atomic E-state index is 4.37. The smallest absolute Gasteiger partial charge is 0.143 e. The van der Waals surface area contributed by atoms with Crippen molar-refractivity contribution in [2.24, 2.45) is 7.05 Å². The van der Waals surface area contributed by atoms with Crippen molar-refractivity contribution in [1.82, 2.24) is 25.0 Å². The van der Waals surface area contributed by atoms with E-state index in [1.54, 1.807) is 6.33 Å². The molecule has 0 aliphatic carbocycles. The van der Waals surface area contributed by atoms with Gasteiger partial charge in [-0.2, -0.15) is 5.10 Å². The molecule has 5 heteroatoms. The molecule has 0 spiro atoms. The highest BCUT2D eigenvalue weighted by atomic mass is 15.3. The Hall–Kier alpha value is -0.940. The largest absolute Gasteiger partial charge is 0.307 e. The van der Waals surface area contributed by atoms with Gasteiger partial charge in [-0.15, -0.1) is 0 Å². The molecule has 0 aliphatic heterocycles. The van der Waals surface area contributed by atoms with Gasteiger partial charge in [-0.25, -0.2) is 4.98 Å². The third kappa shape index (κ3) is 4.38. The lowest BCUT2D eigenvalue weighted by Gasteiger charge is -2.23. The number of hydrogen-bond acceptors (Lipinski definition) is 4. The molecule has 0 saturated heterocycles. The summed E-state index contributed by atoms with van der Waals surface area (Å²) < 4.78 is 1.87. The first-order chi connectivity index (χ1) is 8.72. The molecule has 0 aliphatic rings. The average molecular weight is 253 g/mol. The number of rotatable bonds is 9. The molecule has 1 atom stereocenters. The lowest BCUT2D eigenvalue weighted by Crippen LogP contribution is -2.31. The minimum atomic E-state index is 0.304. The molecule has 1 rings (SSSR count). The zero-order chi connectivity index (χ0) is 13.4. The highest BCUT2D eigenvalue weighted by Gasteiger charge is 2.16. The standard InChI is InChI=1S/C13H27N5/c1-5-9-14-12(8-10-18(6-2)7-3)13-15-11-16-17(13)4/h11-12,14H,5-10H2,1-4H3. The van der Waals surface area contributed by atoms with Crippen LogP contribution in [0.25, 0.3) is 0 Å². The van der Waals surface area contributed by atoms with Crippen LogP contribution in [0.3, 0.4) is 0 Å². The van der Waals surface area contributed by atoms with Gasteiger partial charge in [0.25, 0.3) is 0 Å². The van der Waals surface area contributed by atoms with Crippen molar-refractivity contribution in [3.8, 4) is 0 Å². The molecule has 0 amide bonds. The van der Waals surface area contributed by atoms with E-state index in [4.69, 9.17) is 0 Å². The zero-order valence-corrected chi connectivity index (χ0v) is 12.2. The first kappa shape index (κ1) is 15.1. The molecule has 1 N–H and O–H groups in total. The van der Waals surface area contributed by atoms with Crippen molar-refractivity contribution >= 4 is 0 Å². The van der Waals surface area contributed by atoms with Crippen LogP contribution in [0.15, 0.2) is 6.33 Å². The minimum absolute atomic E-state index is 0.304. The summed E-state index contributed by atoms with van der Waals surface area (Å²) in [6, 6.07) is 0.304. The highest BCUT2D eigenvalue weighted by Crippen LogP contribution is 2.14. The van der Waals surface area contributed by atoms with Gasteiger partial charge in [0.2, 0.25) is 0 Å². The van der Waals surface area contributed by atoms with Crippen LogP contribution >= 0.6 is 0 Å². The van der Waals surface area contributed by atoms with E-state index in [-0.39, 0.29) is 0 Å². The van der Waals surface area contributed by atoms with E-state index in [0.29, 0.717) is 6.04 Å². The van der Waals surface area contributed by atoms with Gasteiger partial charge < -0.3 is 10.2 Å². The monoisotopic (exact) mass is 253 g/mol. The SMILES string of the molecule is CCCNC(CCN(CC)CC)c1ncnn1C. The predicted molar refractivity (Wildman–Crippen MR) is 74.4 cm³/mol. The van der Waals surface area contributed by atoms with E-state index < -0.39 is 0 Å². The Labute approximate surface area is 111 Å². The summed E-state index contributed by atoms with van der Waals surface area (Å²) in [5.74, 6) is 1.04. The van der Waals surface area contributed by atoms with Crippen molar-refractivity contribution in [2.75, 3.05) is 26.2 Å². The normalized spacial score (nSPS) is 13.2. The van der Waals surface area contributed by atoms with Gasteiger partial charge in [0, 0.05) is 13.6 Å².